The second-order valence-electron chi connectivity index (χ2n) is 5.54. The Morgan fingerprint density at radius 3 is 2.36 bits per heavy atom. The third-order valence-corrected chi connectivity index (χ3v) is 4.26. The number of ether oxygens (including phenoxy) is 1. The van der Waals surface area contributed by atoms with E-state index in [1.807, 2.05) is 12.1 Å². The fourth-order valence-electron chi connectivity index (χ4n) is 3.21. The number of hydrogen-bond donors (Lipinski definition) is 1. The van der Waals surface area contributed by atoms with Gasteiger partial charge in [0, 0.05) is 35.3 Å². The summed E-state index contributed by atoms with van der Waals surface area (Å²) in [5, 5.41) is 3.26. The van der Waals surface area contributed by atoms with Crippen LogP contribution < -0.4 is 5.32 Å². The van der Waals surface area contributed by atoms with Gasteiger partial charge in [-0.3, -0.25) is 9.59 Å². The predicted octanol–water partition coefficient (Wildman–Crippen LogP) is 2.12. The van der Waals surface area contributed by atoms with Crippen LogP contribution in [0.2, 0.25) is 0 Å². The molecule has 0 saturated carbocycles. The first-order chi connectivity index (χ1) is 10.8. The number of benzene rings is 2. The van der Waals surface area contributed by atoms with Crippen molar-refractivity contribution in [2.75, 3.05) is 19.7 Å². The van der Waals surface area contributed by atoms with Gasteiger partial charge in [-0.05, 0) is 5.56 Å². The highest BCUT2D eigenvalue weighted by Gasteiger charge is 2.33. The van der Waals surface area contributed by atoms with Crippen LogP contribution in [0.4, 0.5) is 0 Å². The Hall–Kier alpha value is -2.30. The second kappa shape index (κ2) is 5.16. The summed E-state index contributed by atoms with van der Waals surface area (Å²) in [6, 6.07) is 12.4. The van der Waals surface area contributed by atoms with Crippen LogP contribution in [0.25, 0.3) is 0 Å². The molecule has 0 radical (unpaired) electrons. The van der Waals surface area contributed by atoms with Crippen LogP contribution >= 0.6 is 0 Å². The summed E-state index contributed by atoms with van der Waals surface area (Å²) in [7, 11) is 0. The molecule has 1 fully saturated rings. The summed E-state index contributed by atoms with van der Waals surface area (Å²) in [6.07, 6.45) is -0.189. The zero-order valence-corrected chi connectivity index (χ0v) is 12.0. The number of rotatable bonds is 1. The lowest BCUT2D eigenvalue weighted by molar-refractivity contribution is 0.0271. The van der Waals surface area contributed by atoms with Crippen LogP contribution in [0.5, 0.6) is 0 Å². The number of ketones is 2. The molecule has 1 N–H and O–H groups in total. The Morgan fingerprint density at radius 1 is 0.909 bits per heavy atom. The van der Waals surface area contributed by atoms with Crippen LogP contribution in [0.1, 0.15) is 43.5 Å². The highest BCUT2D eigenvalue weighted by molar-refractivity contribution is 6.28. The molecule has 0 spiro atoms. The van der Waals surface area contributed by atoms with E-state index >= 15 is 0 Å². The molecule has 1 saturated heterocycles. The Balaban J connectivity index is 1.89. The molecule has 0 amide bonds. The van der Waals surface area contributed by atoms with E-state index in [1.165, 1.54) is 0 Å². The number of carbonyl (C=O) groups is 2. The van der Waals surface area contributed by atoms with Gasteiger partial charge in [0.1, 0.15) is 0 Å². The SMILES string of the molecule is O=C1c2ccccc2C(=O)c2c1cccc2C1CNCCO1. The number of fused-ring (bicyclic) bond motifs is 2. The molecule has 1 aliphatic carbocycles. The zero-order chi connectivity index (χ0) is 15.1. The minimum absolute atomic E-state index is 0.0872. The molecule has 1 heterocycles. The zero-order valence-electron chi connectivity index (χ0n) is 12.0. The molecule has 4 heteroatoms. The average molecular weight is 293 g/mol. The van der Waals surface area contributed by atoms with Crippen molar-refractivity contribution >= 4 is 11.6 Å². The Kier molecular flexibility index (Phi) is 3.13. The lowest BCUT2D eigenvalue weighted by Crippen LogP contribution is -2.35. The fourth-order valence-corrected chi connectivity index (χ4v) is 3.21. The minimum atomic E-state index is -0.189. The summed E-state index contributed by atoms with van der Waals surface area (Å²) >= 11 is 0. The molecular formula is C18H15NO3. The van der Waals surface area contributed by atoms with Crippen molar-refractivity contribution in [1.82, 2.24) is 5.32 Å². The lowest BCUT2D eigenvalue weighted by Gasteiger charge is -2.28. The minimum Gasteiger partial charge on any atom is -0.371 e. The third-order valence-electron chi connectivity index (χ3n) is 4.26. The highest BCUT2D eigenvalue weighted by Crippen LogP contribution is 2.33. The summed E-state index contributed by atoms with van der Waals surface area (Å²) in [4.78, 5) is 25.6. The molecule has 22 heavy (non-hydrogen) atoms. The smallest absolute Gasteiger partial charge is 0.194 e. The van der Waals surface area contributed by atoms with Crippen LogP contribution in [-0.4, -0.2) is 31.3 Å². The van der Waals surface area contributed by atoms with Crippen molar-refractivity contribution in [1.29, 1.82) is 0 Å². The van der Waals surface area contributed by atoms with Gasteiger partial charge in [-0.15, -0.1) is 0 Å². The molecule has 2 aromatic rings. The molecule has 1 unspecified atom stereocenters. The van der Waals surface area contributed by atoms with E-state index in [2.05, 4.69) is 5.32 Å². The van der Waals surface area contributed by atoms with Gasteiger partial charge in [-0.1, -0.05) is 42.5 Å². The van der Waals surface area contributed by atoms with Crippen molar-refractivity contribution in [2.45, 2.75) is 6.10 Å². The maximum atomic E-state index is 12.9. The summed E-state index contributed by atoms with van der Waals surface area (Å²) in [6.45, 7) is 2.06. The average Bonchev–Trinajstić information content (AvgIpc) is 2.60. The third kappa shape index (κ3) is 1.92. The Bertz CT molecular complexity index is 776. The van der Waals surface area contributed by atoms with Crippen LogP contribution in [0.15, 0.2) is 42.5 Å². The Morgan fingerprint density at radius 2 is 1.64 bits per heavy atom. The summed E-state index contributed by atoms with van der Waals surface area (Å²) in [5.41, 5.74) is 2.75. The molecular weight excluding hydrogens is 278 g/mol. The molecule has 1 aliphatic heterocycles. The van der Waals surface area contributed by atoms with E-state index in [4.69, 9.17) is 4.74 Å². The van der Waals surface area contributed by atoms with Gasteiger partial charge in [0.2, 0.25) is 0 Å². The molecule has 0 aromatic heterocycles. The second-order valence-corrected chi connectivity index (χ2v) is 5.54. The van der Waals surface area contributed by atoms with Crippen molar-refractivity contribution in [3.8, 4) is 0 Å². The van der Waals surface area contributed by atoms with Crippen molar-refractivity contribution in [2.24, 2.45) is 0 Å². The van der Waals surface area contributed by atoms with E-state index in [9.17, 15) is 9.59 Å². The maximum absolute atomic E-state index is 12.9. The molecule has 2 aliphatic rings. The molecule has 110 valence electrons. The molecule has 4 nitrogen and oxygen atoms in total. The topological polar surface area (TPSA) is 55.4 Å². The Labute approximate surface area is 128 Å². The quantitative estimate of drug-likeness (QED) is 0.746. The molecule has 4 rings (SSSR count). The number of nitrogens with one attached hydrogen (secondary N) is 1. The first-order valence-electron chi connectivity index (χ1n) is 7.41. The fraction of sp³-hybridized carbons (Fsp3) is 0.222. The lowest BCUT2D eigenvalue weighted by atomic mass is 9.81. The van der Waals surface area contributed by atoms with Crippen molar-refractivity contribution in [3.63, 3.8) is 0 Å². The van der Waals surface area contributed by atoms with Gasteiger partial charge >= 0.3 is 0 Å². The van der Waals surface area contributed by atoms with E-state index in [0.29, 0.717) is 35.4 Å². The maximum Gasteiger partial charge on any atom is 0.194 e. The summed E-state index contributed by atoms with van der Waals surface area (Å²) in [5.74, 6) is -0.175. The van der Waals surface area contributed by atoms with Crippen molar-refractivity contribution < 1.29 is 14.3 Å². The van der Waals surface area contributed by atoms with Gasteiger partial charge in [0.15, 0.2) is 11.6 Å². The first kappa shape index (κ1) is 13.4. The predicted molar refractivity (Wildman–Crippen MR) is 81.3 cm³/mol. The molecule has 0 bridgehead atoms. The monoisotopic (exact) mass is 293 g/mol. The van der Waals surface area contributed by atoms with Crippen LogP contribution in [0.3, 0.4) is 0 Å². The van der Waals surface area contributed by atoms with E-state index in [0.717, 1.165) is 12.1 Å². The summed E-state index contributed by atoms with van der Waals surface area (Å²) < 4.78 is 5.78. The molecule has 2 aromatic carbocycles. The van der Waals surface area contributed by atoms with Crippen LogP contribution in [-0.2, 0) is 4.74 Å². The van der Waals surface area contributed by atoms with Gasteiger partial charge in [0.05, 0.1) is 12.7 Å². The number of hydrogen-bond acceptors (Lipinski definition) is 4. The van der Waals surface area contributed by atoms with Gasteiger partial charge in [0.25, 0.3) is 0 Å². The van der Waals surface area contributed by atoms with E-state index in [1.54, 1.807) is 30.3 Å². The van der Waals surface area contributed by atoms with Gasteiger partial charge in [-0.25, -0.2) is 0 Å². The highest BCUT2D eigenvalue weighted by atomic mass is 16.5. The van der Waals surface area contributed by atoms with E-state index < -0.39 is 0 Å². The standard InChI is InChI=1S/C18H15NO3/c20-17-11-4-1-2-5-12(11)18(21)16-13(6-3-7-14(16)17)15-10-19-8-9-22-15/h1-7,15,19H,8-10H2. The van der Waals surface area contributed by atoms with Crippen molar-refractivity contribution in [3.05, 3.63) is 70.3 Å². The van der Waals surface area contributed by atoms with Gasteiger partial charge in [-0.2, -0.15) is 0 Å². The van der Waals surface area contributed by atoms with E-state index in [-0.39, 0.29) is 17.7 Å². The molecule has 1 atom stereocenters. The largest absolute Gasteiger partial charge is 0.371 e. The number of morpholine rings is 1. The normalized spacial score (nSPS) is 20.5. The van der Waals surface area contributed by atoms with Crippen LogP contribution in [0, 0.1) is 0 Å². The van der Waals surface area contributed by atoms with Gasteiger partial charge < -0.3 is 10.1 Å². The number of carbonyl (C=O) groups excluding carboxylic acids is 2. The first-order valence-corrected chi connectivity index (χ1v) is 7.41.